The summed E-state index contributed by atoms with van der Waals surface area (Å²) in [5, 5.41) is 2.97. The predicted octanol–water partition coefficient (Wildman–Crippen LogP) is 4.76. The molecule has 1 saturated heterocycles. The van der Waals surface area contributed by atoms with Crippen LogP contribution in [-0.2, 0) is 5.41 Å². The summed E-state index contributed by atoms with van der Waals surface area (Å²) in [5.41, 5.74) is 0.108. The van der Waals surface area contributed by atoms with Crippen molar-refractivity contribution in [3.05, 3.63) is 59.9 Å². The van der Waals surface area contributed by atoms with E-state index in [-0.39, 0.29) is 18.0 Å². The Morgan fingerprint density at radius 2 is 1.73 bits per heavy atom. The van der Waals surface area contributed by atoms with Crippen molar-refractivity contribution < 1.29 is 18.7 Å². The molecule has 6 heteroatoms. The number of urea groups is 1. The molecule has 2 amide bonds. The third-order valence-electron chi connectivity index (χ3n) is 5.46. The van der Waals surface area contributed by atoms with Gasteiger partial charge in [-0.3, -0.25) is 0 Å². The first-order valence-corrected chi connectivity index (χ1v) is 10.6. The second-order valence-corrected chi connectivity index (χ2v) is 8.21. The standard InChI is InChI=1S/C24H31FN2O3/c1-4-29-21-11-7-8-12-22(21)30-18-13-15-27(16-14-18)23(28)26-17-24(2,3)19-9-5-6-10-20(19)25/h5-12,18H,4,13-17H2,1-3H3,(H,26,28). The highest BCUT2D eigenvalue weighted by Gasteiger charge is 2.28. The summed E-state index contributed by atoms with van der Waals surface area (Å²) in [6.45, 7) is 8.00. The van der Waals surface area contributed by atoms with Crippen molar-refractivity contribution >= 4 is 6.03 Å². The van der Waals surface area contributed by atoms with Crippen LogP contribution in [0.1, 0.15) is 39.2 Å². The van der Waals surface area contributed by atoms with E-state index in [9.17, 15) is 9.18 Å². The fraction of sp³-hybridized carbons (Fsp3) is 0.458. The lowest BCUT2D eigenvalue weighted by molar-refractivity contribution is 0.107. The maximum absolute atomic E-state index is 14.1. The molecule has 1 fully saturated rings. The number of ether oxygens (including phenoxy) is 2. The van der Waals surface area contributed by atoms with Gasteiger partial charge in [0.25, 0.3) is 0 Å². The summed E-state index contributed by atoms with van der Waals surface area (Å²) in [6.07, 6.45) is 1.56. The minimum Gasteiger partial charge on any atom is -0.490 e. The van der Waals surface area contributed by atoms with Crippen LogP contribution in [0.3, 0.4) is 0 Å². The number of hydrogen-bond acceptors (Lipinski definition) is 3. The first-order valence-electron chi connectivity index (χ1n) is 10.6. The lowest BCUT2D eigenvalue weighted by atomic mass is 9.84. The first-order chi connectivity index (χ1) is 14.4. The fourth-order valence-electron chi connectivity index (χ4n) is 3.69. The predicted molar refractivity (Wildman–Crippen MR) is 116 cm³/mol. The number of para-hydroxylation sites is 2. The summed E-state index contributed by atoms with van der Waals surface area (Å²) in [7, 11) is 0. The van der Waals surface area contributed by atoms with Gasteiger partial charge in [-0.2, -0.15) is 0 Å². The van der Waals surface area contributed by atoms with Gasteiger partial charge in [0.1, 0.15) is 11.9 Å². The van der Waals surface area contributed by atoms with Crippen LogP contribution in [0.2, 0.25) is 0 Å². The van der Waals surface area contributed by atoms with Gasteiger partial charge in [0, 0.05) is 37.9 Å². The number of halogens is 1. The van der Waals surface area contributed by atoms with Crippen molar-refractivity contribution in [3.8, 4) is 11.5 Å². The van der Waals surface area contributed by atoms with Crippen molar-refractivity contribution in [1.29, 1.82) is 0 Å². The molecule has 5 nitrogen and oxygen atoms in total. The number of nitrogens with zero attached hydrogens (tertiary/aromatic N) is 1. The number of carbonyl (C=O) groups excluding carboxylic acids is 1. The third kappa shape index (κ3) is 5.43. The van der Waals surface area contributed by atoms with Crippen LogP contribution in [0.15, 0.2) is 48.5 Å². The van der Waals surface area contributed by atoms with E-state index in [4.69, 9.17) is 9.47 Å². The van der Waals surface area contributed by atoms with Crippen LogP contribution in [0.5, 0.6) is 11.5 Å². The number of rotatable bonds is 7. The van der Waals surface area contributed by atoms with Gasteiger partial charge in [0.2, 0.25) is 0 Å². The highest BCUT2D eigenvalue weighted by atomic mass is 19.1. The van der Waals surface area contributed by atoms with Gasteiger partial charge in [0.15, 0.2) is 11.5 Å². The zero-order valence-electron chi connectivity index (χ0n) is 18.0. The molecule has 0 unspecified atom stereocenters. The number of amides is 2. The summed E-state index contributed by atoms with van der Waals surface area (Å²) in [5.74, 6) is 1.24. The van der Waals surface area contributed by atoms with E-state index in [1.165, 1.54) is 6.07 Å². The fourth-order valence-corrected chi connectivity index (χ4v) is 3.69. The zero-order chi connectivity index (χ0) is 21.6. The second kappa shape index (κ2) is 9.83. The first kappa shape index (κ1) is 21.9. The number of likely N-dealkylation sites (tertiary alicyclic amines) is 1. The maximum atomic E-state index is 14.1. The molecular formula is C24H31FN2O3. The molecule has 0 saturated carbocycles. The van der Waals surface area contributed by atoms with E-state index >= 15 is 0 Å². The molecule has 0 radical (unpaired) electrons. The maximum Gasteiger partial charge on any atom is 0.317 e. The van der Waals surface area contributed by atoms with Crippen LogP contribution in [0.4, 0.5) is 9.18 Å². The number of benzene rings is 2. The minimum absolute atomic E-state index is 0.0468. The van der Waals surface area contributed by atoms with E-state index in [1.54, 1.807) is 17.0 Å². The number of nitrogens with one attached hydrogen (secondary N) is 1. The Kier molecular flexibility index (Phi) is 7.19. The van der Waals surface area contributed by atoms with Crippen LogP contribution in [0, 0.1) is 5.82 Å². The van der Waals surface area contributed by atoms with Crippen LogP contribution in [0.25, 0.3) is 0 Å². The summed E-state index contributed by atoms with van der Waals surface area (Å²) in [4.78, 5) is 14.4. The van der Waals surface area contributed by atoms with Crippen molar-refractivity contribution in [2.24, 2.45) is 0 Å². The summed E-state index contributed by atoms with van der Waals surface area (Å²) < 4.78 is 25.9. The summed E-state index contributed by atoms with van der Waals surface area (Å²) in [6, 6.07) is 14.3. The molecule has 0 aromatic heterocycles. The Hall–Kier alpha value is -2.76. The molecule has 0 aliphatic carbocycles. The van der Waals surface area contributed by atoms with E-state index in [1.807, 2.05) is 51.1 Å². The second-order valence-electron chi connectivity index (χ2n) is 8.21. The van der Waals surface area contributed by atoms with Gasteiger partial charge in [-0.05, 0) is 30.7 Å². The molecule has 1 aliphatic heterocycles. The summed E-state index contributed by atoms with van der Waals surface area (Å²) >= 11 is 0. The minimum atomic E-state index is -0.495. The van der Waals surface area contributed by atoms with Gasteiger partial charge < -0.3 is 19.7 Å². The number of hydrogen-bond donors (Lipinski definition) is 1. The van der Waals surface area contributed by atoms with Crippen LogP contribution >= 0.6 is 0 Å². The molecule has 1 heterocycles. The molecule has 30 heavy (non-hydrogen) atoms. The normalized spacial score (nSPS) is 15.0. The third-order valence-corrected chi connectivity index (χ3v) is 5.46. The zero-order valence-corrected chi connectivity index (χ0v) is 18.0. The Balaban J connectivity index is 1.49. The highest BCUT2D eigenvalue weighted by molar-refractivity contribution is 5.74. The Labute approximate surface area is 178 Å². The molecule has 1 aliphatic rings. The van der Waals surface area contributed by atoms with E-state index in [0.717, 1.165) is 24.3 Å². The van der Waals surface area contributed by atoms with Gasteiger partial charge in [0.05, 0.1) is 6.61 Å². The van der Waals surface area contributed by atoms with Crippen LogP contribution < -0.4 is 14.8 Å². The SMILES string of the molecule is CCOc1ccccc1OC1CCN(C(=O)NCC(C)(C)c2ccccc2F)CC1. The lowest BCUT2D eigenvalue weighted by Gasteiger charge is -2.34. The molecule has 1 N–H and O–H groups in total. The molecule has 0 bridgehead atoms. The van der Waals surface area contributed by atoms with Gasteiger partial charge in [-0.25, -0.2) is 9.18 Å². The smallest absolute Gasteiger partial charge is 0.317 e. The molecule has 2 aromatic carbocycles. The van der Waals surface area contributed by atoms with Gasteiger partial charge >= 0.3 is 6.03 Å². The molecule has 0 spiro atoms. The number of piperidine rings is 1. The molecule has 162 valence electrons. The topological polar surface area (TPSA) is 50.8 Å². The average molecular weight is 415 g/mol. The van der Waals surface area contributed by atoms with Crippen molar-refractivity contribution in [1.82, 2.24) is 10.2 Å². The van der Waals surface area contributed by atoms with E-state index in [0.29, 0.717) is 31.8 Å². The van der Waals surface area contributed by atoms with Crippen molar-refractivity contribution in [3.63, 3.8) is 0 Å². The molecule has 2 aromatic rings. The quantitative estimate of drug-likeness (QED) is 0.711. The average Bonchev–Trinajstić information content (AvgIpc) is 2.74. The van der Waals surface area contributed by atoms with Crippen molar-refractivity contribution in [2.75, 3.05) is 26.2 Å². The molecular weight excluding hydrogens is 383 g/mol. The Morgan fingerprint density at radius 1 is 1.10 bits per heavy atom. The Morgan fingerprint density at radius 3 is 2.40 bits per heavy atom. The van der Waals surface area contributed by atoms with Gasteiger partial charge in [-0.1, -0.05) is 44.2 Å². The molecule has 0 atom stereocenters. The van der Waals surface area contributed by atoms with Crippen LogP contribution in [-0.4, -0.2) is 43.3 Å². The Bertz CT molecular complexity index is 848. The highest BCUT2D eigenvalue weighted by Crippen LogP contribution is 2.29. The molecule has 3 rings (SSSR count). The van der Waals surface area contributed by atoms with E-state index < -0.39 is 5.41 Å². The monoisotopic (exact) mass is 414 g/mol. The van der Waals surface area contributed by atoms with Gasteiger partial charge in [-0.15, -0.1) is 0 Å². The van der Waals surface area contributed by atoms with Crippen molar-refractivity contribution in [2.45, 2.75) is 45.1 Å². The van der Waals surface area contributed by atoms with E-state index in [2.05, 4.69) is 5.32 Å². The largest absolute Gasteiger partial charge is 0.490 e. The lowest BCUT2D eigenvalue weighted by Crippen LogP contribution is -2.49. The number of carbonyl (C=O) groups is 1.